The quantitative estimate of drug-likeness (QED) is 0.437. The maximum atomic E-state index is 11.9. The van der Waals surface area contributed by atoms with Crippen molar-refractivity contribution in [2.45, 2.75) is 39.2 Å². The molecule has 3 N–H and O–H groups in total. The highest BCUT2D eigenvalue weighted by Gasteiger charge is 2.27. The third kappa shape index (κ3) is 6.05. The van der Waals surface area contributed by atoms with Gasteiger partial charge in [0.1, 0.15) is 5.75 Å². The Morgan fingerprint density at radius 1 is 1.20 bits per heavy atom. The van der Waals surface area contributed by atoms with E-state index in [2.05, 4.69) is 30.0 Å². The molecule has 3 atom stereocenters. The molecule has 0 saturated heterocycles. The van der Waals surface area contributed by atoms with Crippen LogP contribution in [0.1, 0.15) is 38.7 Å². The minimum Gasteiger partial charge on any atom is -0.497 e. The fourth-order valence-electron chi connectivity index (χ4n) is 3.04. The first-order valence-corrected chi connectivity index (χ1v) is 9.09. The molecule has 1 aliphatic rings. The molecule has 1 fully saturated rings. The van der Waals surface area contributed by atoms with E-state index >= 15 is 0 Å². The van der Waals surface area contributed by atoms with Gasteiger partial charge in [-0.1, -0.05) is 38.8 Å². The summed E-state index contributed by atoms with van der Waals surface area (Å²) in [5.74, 6) is 1.78. The standard InChI is InChI=1S/C19H27N3O2S/c1-13-5-4-6-17(14(13)2)20-19(25)22-21-18(23)12-9-15-7-10-16(24-3)11-8-15/h7-14,17H,4-6H2,1-3H3,(H,21,23)(H2,20,22,25)/b12-9+/t13-,14-,17+/m1/s1. The van der Waals surface area contributed by atoms with E-state index < -0.39 is 0 Å². The van der Waals surface area contributed by atoms with E-state index in [1.165, 1.54) is 18.9 Å². The Morgan fingerprint density at radius 2 is 1.92 bits per heavy atom. The van der Waals surface area contributed by atoms with Crippen LogP contribution in [0.4, 0.5) is 0 Å². The van der Waals surface area contributed by atoms with Gasteiger partial charge in [0.25, 0.3) is 5.91 Å². The molecular formula is C19H27N3O2S. The molecule has 1 aromatic rings. The van der Waals surface area contributed by atoms with Gasteiger partial charge < -0.3 is 10.1 Å². The monoisotopic (exact) mass is 361 g/mol. The predicted molar refractivity (Wildman–Crippen MR) is 105 cm³/mol. The normalized spacial score (nSPS) is 23.1. The highest BCUT2D eigenvalue weighted by atomic mass is 32.1. The molecular weight excluding hydrogens is 334 g/mol. The number of methoxy groups -OCH3 is 1. The Hall–Kier alpha value is -2.08. The minimum absolute atomic E-state index is 0.259. The first kappa shape index (κ1) is 19.2. The molecule has 6 heteroatoms. The van der Waals surface area contributed by atoms with E-state index in [4.69, 9.17) is 17.0 Å². The Morgan fingerprint density at radius 3 is 2.60 bits per heavy atom. The average Bonchev–Trinajstić information content (AvgIpc) is 2.62. The summed E-state index contributed by atoms with van der Waals surface area (Å²) in [6.45, 7) is 4.53. The molecule has 1 aliphatic carbocycles. The lowest BCUT2D eigenvalue weighted by Gasteiger charge is -2.35. The molecule has 1 saturated carbocycles. The van der Waals surface area contributed by atoms with Crippen molar-refractivity contribution in [3.05, 3.63) is 35.9 Å². The highest BCUT2D eigenvalue weighted by molar-refractivity contribution is 7.80. The summed E-state index contributed by atoms with van der Waals surface area (Å²) in [6.07, 6.45) is 6.79. The van der Waals surface area contributed by atoms with Crippen LogP contribution in [-0.2, 0) is 4.79 Å². The zero-order chi connectivity index (χ0) is 18.2. The van der Waals surface area contributed by atoms with Crippen LogP contribution in [0.25, 0.3) is 6.08 Å². The number of carbonyl (C=O) groups excluding carboxylic acids is 1. The second-order valence-electron chi connectivity index (χ2n) is 6.57. The van der Waals surface area contributed by atoms with Crippen LogP contribution < -0.4 is 20.9 Å². The zero-order valence-corrected chi connectivity index (χ0v) is 15.9. The van der Waals surface area contributed by atoms with Gasteiger partial charge in [0.05, 0.1) is 7.11 Å². The van der Waals surface area contributed by atoms with Gasteiger partial charge in [0, 0.05) is 12.1 Å². The fraction of sp³-hybridized carbons (Fsp3) is 0.474. The molecule has 0 aliphatic heterocycles. The second-order valence-corrected chi connectivity index (χ2v) is 6.98. The molecule has 0 spiro atoms. The largest absolute Gasteiger partial charge is 0.497 e. The predicted octanol–water partition coefficient (Wildman–Crippen LogP) is 3.03. The van der Waals surface area contributed by atoms with Crippen LogP contribution >= 0.6 is 12.2 Å². The molecule has 1 amide bonds. The number of ether oxygens (including phenoxy) is 1. The molecule has 0 unspecified atom stereocenters. The van der Waals surface area contributed by atoms with Crippen LogP contribution in [0.2, 0.25) is 0 Å². The second kappa shape index (κ2) is 9.42. The van der Waals surface area contributed by atoms with E-state index in [1.54, 1.807) is 13.2 Å². The maximum absolute atomic E-state index is 11.9. The first-order chi connectivity index (χ1) is 12.0. The third-order valence-electron chi connectivity index (χ3n) is 4.87. The van der Waals surface area contributed by atoms with Gasteiger partial charge in [0.15, 0.2) is 5.11 Å². The first-order valence-electron chi connectivity index (χ1n) is 8.68. The lowest BCUT2D eigenvalue weighted by atomic mass is 9.78. The Balaban J connectivity index is 1.75. The maximum Gasteiger partial charge on any atom is 0.262 e. The van der Waals surface area contributed by atoms with Crippen LogP contribution in [-0.4, -0.2) is 24.2 Å². The van der Waals surface area contributed by atoms with Crippen LogP contribution in [0, 0.1) is 11.8 Å². The van der Waals surface area contributed by atoms with Gasteiger partial charge in [-0.2, -0.15) is 0 Å². The van der Waals surface area contributed by atoms with Crippen LogP contribution in [0.15, 0.2) is 30.3 Å². The summed E-state index contributed by atoms with van der Waals surface area (Å²) in [5.41, 5.74) is 6.27. The molecule has 0 heterocycles. The van der Waals surface area contributed by atoms with Crippen molar-refractivity contribution < 1.29 is 9.53 Å². The zero-order valence-electron chi connectivity index (χ0n) is 15.0. The van der Waals surface area contributed by atoms with Gasteiger partial charge in [0.2, 0.25) is 0 Å². The molecule has 0 bridgehead atoms. The Bertz CT molecular complexity index is 616. The van der Waals surface area contributed by atoms with Crippen molar-refractivity contribution in [2.24, 2.45) is 11.8 Å². The number of hydrogen-bond donors (Lipinski definition) is 3. The summed E-state index contributed by atoms with van der Waals surface area (Å²) in [6, 6.07) is 7.82. The summed E-state index contributed by atoms with van der Waals surface area (Å²) in [5, 5.41) is 3.76. The lowest BCUT2D eigenvalue weighted by Crippen LogP contribution is -2.52. The number of carbonyl (C=O) groups is 1. The number of benzene rings is 1. The van der Waals surface area contributed by atoms with Gasteiger partial charge in [-0.15, -0.1) is 0 Å². The number of hydrazine groups is 1. The number of hydrogen-bond acceptors (Lipinski definition) is 3. The summed E-state index contributed by atoms with van der Waals surface area (Å²) in [4.78, 5) is 11.9. The van der Waals surface area contributed by atoms with E-state index in [-0.39, 0.29) is 5.91 Å². The lowest BCUT2D eigenvalue weighted by molar-refractivity contribution is -0.116. The Labute approximate surface area is 155 Å². The van der Waals surface area contributed by atoms with Crippen LogP contribution in [0.5, 0.6) is 5.75 Å². The van der Waals surface area contributed by atoms with Crippen molar-refractivity contribution in [2.75, 3.05) is 7.11 Å². The third-order valence-corrected chi connectivity index (χ3v) is 5.09. The molecule has 0 aromatic heterocycles. The fourth-order valence-corrected chi connectivity index (χ4v) is 3.24. The number of amides is 1. The van der Waals surface area contributed by atoms with Crippen LogP contribution in [0.3, 0.4) is 0 Å². The minimum atomic E-state index is -0.259. The molecule has 2 rings (SSSR count). The van der Waals surface area contributed by atoms with Gasteiger partial charge in [-0.3, -0.25) is 15.6 Å². The summed E-state index contributed by atoms with van der Waals surface area (Å²) < 4.78 is 5.10. The van der Waals surface area contributed by atoms with Crippen molar-refractivity contribution in [1.29, 1.82) is 0 Å². The van der Waals surface area contributed by atoms with E-state index in [0.29, 0.717) is 23.0 Å². The highest BCUT2D eigenvalue weighted by Crippen LogP contribution is 2.29. The Kier molecular flexibility index (Phi) is 7.25. The number of nitrogens with one attached hydrogen (secondary N) is 3. The van der Waals surface area contributed by atoms with E-state index in [0.717, 1.165) is 17.7 Å². The van der Waals surface area contributed by atoms with E-state index in [9.17, 15) is 4.79 Å². The van der Waals surface area contributed by atoms with Crippen molar-refractivity contribution >= 4 is 29.3 Å². The summed E-state index contributed by atoms with van der Waals surface area (Å²) in [7, 11) is 1.62. The molecule has 0 radical (unpaired) electrons. The molecule has 5 nitrogen and oxygen atoms in total. The van der Waals surface area contributed by atoms with Gasteiger partial charge in [-0.25, -0.2) is 0 Å². The summed E-state index contributed by atoms with van der Waals surface area (Å²) >= 11 is 5.28. The van der Waals surface area contributed by atoms with Crippen molar-refractivity contribution in [1.82, 2.24) is 16.2 Å². The molecule has 1 aromatic carbocycles. The number of rotatable bonds is 4. The SMILES string of the molecule is COc1ccc(/C=C/C(=O)NNC(=S)N[C@H]2CCC[C@@H](C)[C@H]2C)cc1. The number of thiocarbonyl (C=S) groups is 1. The van der Waals surface area contributed by atoms with Gasteiger partial charge >= 0.3 is 0 Å². The topological polar surface area (TPSA) is 62.4 Å². The van der Waals surface area contributed by atoms with Gasteiger partial charge in [-0.05, 0) is 54.2 Å². The van der Waals surface area contributed by atoms with Crippen molar-refractivity contribution in [3.8, 4) is 5.75 Å². The van der Waals surface area contributed by atoms with Crippen molar-refractivity contribution in [3.63, 3.8) is 0 Å². The molecule has 25 heavy (non-hydrogen) atoms. The average molecular weight is 362 g/mol. The van der Waals surface area contributed by atoms with E-state index in [1.807, 2.05) is 24.3 Å². The smallest absolute Gasteiger partial charge is 0.262 e. The molecule has 136 valence electrons.